The largest absolute Gasteiger partial charge is 0.264 e. The lowest BCUT2D eigenvalue weighted by Gasteiger charge is -1.91. The van der Waals surface area contributed by atoms with Crippen molar-refractivity contribution in [2.75, 3.05) is 5.75 Å². The zero-order valence-corrected chi connectivity index (χ0v) is 6.33. The predicted molar refractivity (Wildman–Crippen MR) is 48.1 cm³/mol. The van der Waals surface area contributed by atoms with Crippen molar-refractivity contribution in [3.05, 3.63) is 24.0 Å². The predicted octanol–water partition coefficient (Wildman–Crippen LogP) is 1.47. The molecule has 1 heterocycles. The molecule has 0 fully saturated rings. The lowest BCUT2D eigenvalue weighted by molar-refractivity contribution is 1.46. The second-order valence-corrected chi connectivity index (χ2v) is 2.10. The van der Waals surface area contributed by atoms with Crippen molar-refractivity contribution in [3.63, 3.8) is 0 Å². The summed E-state index contributed by atoms with van der Waals surface area (Å²) >= 11 is 4.09. The summed E-state index contributed by atoms with van der Waals surface area (Å²) in [5, 5.41) is 0. The first-order valence-corrected chi connectivity index (χ1v) is 3.58. The molecule has 10 heavy (non-hydrogen) atoms. The molecule has 2 nitrogen and oxygen atoms in total. The molecule has 0 aliphatic carbocycles. The standard InChI is InChI=1S/C7H8N2S/c10-6-7-4-8-2-1-3-9-5-7/h1-5,10H,6H2. The maximum absolute atomic E-state index is 4.09. The van der Waals surface area contributed by atoms with Crippen LogP contribution in [0.2, 0.25) is 0 Å². The molecule has 0 aromatic heterocycles. The first-order chi connectivity index (χ1) is 4.93. The average Bonchev–Trinajstić information content (AvgIpc) is 1.87. The van der Waals surface area contributed by atoms with Crippen LogP contribution in [-0.2, 0) is 0 Å². The van der Waals surface area contributed by atoms with E-state index in [0.717, 1.165) is 5.57 Å². The average molecular weight is 152 g/mol. The fourth-order valence-corrected chi connectivity index (χ4v) is 0.694. The smallest absolute Gasteiger partial charge is 0.0323 e. The minimum absolute atomic E-state index is 0.675. The Balaban J connectivity index is 2.73. The maximum Gasteiger partial charge on any atom is 0.0323 e. The molecule has 52 valence electrons. The first-order valence-electron chi connectivity index (χ1n) is 2.95. The van der Waals surface area contributed by atoms with E-state index in [9.17, 15) is 0 Å². The molecule has 0 aromatic rings. The molecule has 0 amide bonds. The molecular formula is C7H8N2S. The van der Waals surface area contributed by atoms with E-state index in [-0.39, 0.29) is 0 Å². The molecular weight excluding hydrogens is 144 g/mol. The normalized spacial score (nSPS) is 16.3. The molecule has 1 rings (SSSR count). The summed E-state index contributed by atoms with van der Waals surface area (Å²) in [5.41, 5.74) is 1.02. The third-order valence-corrected chi connectivity index (χ3v) is 1.37. The molecule has 1 aliphatic heterocycles. The highest BCUT2D eigenvalue weighted by molar-refractivity contribution is 7.80. The Kier molecular flexibility index (Phi) is 2.96. The molecule has 0 saturated carbocycles. The van der Waals surface area contributed by atoms with Crippen molar-refractivity contribution in [1.29, 1.82) is 0 Å². The Morgan fingerprint density at radius 3 is 3.10 bits per heavy atom. The molecule has 0 atom stereocenters. The number of aliphatic imine (C=N–C) groups is 2. The van der Waals surface area contributed by atoms with Gasteiger partial charge in [-0.1, -0.05) is 0 Å². The Morgan fingerprint density at radius 2 is 2.30 bits per heavy atom. The van der Waals surface area contributed by atoms with Gasteiger partial charge in [0.25, 0.3) is 0 Å². The van der Waals surface area contributed by atoms with Crippen LogP contribution in [0.15, 0.2) is 34.0 Å². The van der Waals surface area contributed by atoms with Gasteiger partial charge in [0.05, 0.1) is 0 Å². The van der Waals surface area contributed by atoms with Gasteiger partial charge in [0.1, 0.15) is 0 Å². The van der Waals surface area contributed by atoms with Crippen LogP contribution in [0, 0.1) is 0 Å². The fourth-order valence-electron chi connectivity index (χ4n) is 0.530. The van der Waals surface area contributed by atoms with Crippen molar-refractivity contribution in [3.8, 4) is 0 Å². The van der Waals surface area contributed by atoms with Crippen LogP contribution in [0.3, 0.4) is 0 Å². The topological polar surface area (TPSA) is 24.7 Å². The summed E-state index contributed by atoms with van der Waals surface area (Å²) in [6.07, 6.45) is 8.67. The van der Waals surface area contributed by atoms with E-state index >= 15 is 0 Å². The van der Waals surface area contributed by atoms with Gasteiger partial charge in [0, 0.05) is 30.6 Å². The van der Waals surface area contributed by atoms with Crippen molar-refractivity contribution in [2.24, 2.45) is 9.98 Å². The summed E-state index contributed by atoms with van der Waals surface area (Å²) in [6.45, 7) is 0. The van der Waals surface area contributed by atoms with Gasteiger partial charge in [0.15, 0.2) is 0 Å². The molecule has 0 radical (unpaired) electrons. The molecule has 0 aromatic carbocycles. The highest BCUT2D eigenvalue weighted by Crippen LogP contribution is 1.95. The second-order valence-electron chi connectivity index (χ2n) is 1.78. The maximum atomic E-state index is 4.09. The monoisotopic (exact) mass is 152 g/mol. The lowest BCUT2D eigenvalue weighted by Crippen LogP contribution is -1.86. The van der Waals surface area contributed by atoms with Crippen LogP contribution in [-0.4, -0.2) is 18.2 Å². The zero-order valence-electron chi connectivity index (χ0n) is 5.44. The van der Waals surface area contributed by atoms with Gasteiger partial charge in [-0.2, -0.15) is 12.6 Å². The van der Waals surface area contributed by atoms with Gasteiger partial charge < -0.3 is 0 Å². The van der Waals surface area contributed by atoms with E-state index in [4.69, 9.17) is 0 Å². The summed E-state index contributed by atoms with van der Waals surface area (Å²) in [5.74, 6) is 0.675. The van der Waals surface area contributed by atoms with Crippen LogP contribution in [0.4, 0.5) is 0 Å². The SMILES string of the molecule is SCC1=CN=CC=CN=C1. The zero-order chi connectivity index (χ0) is 7.23. The van der Waals surface area contributed by atoms with Crippen LogP contribution in [0.1, 0.15) is 0 Å². The second kappa shape index (κ2) is 4.06. The molecule has 0 N–H and O–H groups in total. The Labute approximate surface area is 65.5 Å². The van der Waals surface area contributed by atoms with Crippen molar-refractivity contribution < 1.29 is 0 Å². The highest BCUT2D eigenvalue weighted by Gasteiger charge is 1.86. The molecule has 3 heteroatoms. The van der Waals surface area contributed by atoms with Gasteiger partial charge in [-0.15, -0.1) is 0 Å². The van der Waals surface area contributed by atoms with E-state index < -0.39 is 0 Å². The van der Waals surface area contributed by atoms with Crippen LogP contribution < -0.4 is 0 Å². The van der Waals surface area contributed by atoms with E-state index in [1.807, 2.05) is 0 Å². The number of thiol groups is 1. The van der Waals surface area contributed by atoms with E-state index in [0.29, 0.717) is 5.75 Å². The Morgan fingerprint density at radius 1 is 1.40 bits per heavy atom. The summed E-state index contributed by atoms with van der Waals surface area (Å²) < 4.78 is 0. The number of nitrogens with zero attached hydrogens (tertiary/aromatic N) is 2. The van der Waals surface area contributed by atoms with Crippen molar-refractivity contribution in [2.45, 2.75) is 0 Å². The summed E-state index contributed by atoms with van der Waals surface area (Å²) in [4.78, 5) is 7.94. The van der Waals surface area contributed by atoms with Crippen LogP contribution in [0.5, 0.6) is 0 Å². The van der Waals surface area contributed by atoms with Crippen LogP contribution >= 0.6 is 12.6 Å². The minimum atomic E-state index is 0.675. The first kappa shape index (κ1) is 7.28. The molecule has 0 bridgehead atoms. The number of hydrogen-bond donors (Lipinski definition) is 1. The third kappa shape index (κ3) is 2.19. The minimum Gasteiger partial charge on any atom is -0.264 e. The third-order valence-electron chi connectivity index (χ3n) is 1.01. The molecule has 1 aliphatic rings. The Hall–Kier alpha value is -0.830. The van der Waals surface area contributed by atoms with E-state index in [2.05, 4.69) is 22.6 Å². The molecule has 0 spiro atoms. The summed E-state index contributed by atoms with van der Waals surface area (Å²) in [7, 11) is 0. The van der Waals surface area contributed by atoms with Gasteiger partial charge in [0.2, 0.25) is 0 Å². The molecule has 0 saturated heterocycles. The Bertz CT molecular complexity index is 214. The number of rotatable bonds is 1. The highest BCUT2D eigenvalue weighted by atomic mass is 32.1. The van der Waals surface area contributed by atoms with Gasteiger partial charge in [-0.25, -0.2) is 0 Å². The van der Waals surface area contributed by atoms with Crippen molar-refractivity contribution >= 4 is 25.1 Å². The van der Waals surface area contributed by atoms with Gasteiger partial charge >= 0.3 is 0 Å². The van der Waals surface area contributed by atoms with E-state index in [1.54, 1.807) is 30.9 Å². The fraction of sp³-hybridized carbons (Fsp3) is 0.143. The van der Waals surface area contributed by atoms with Crippen molar-refractivity contribution in [1.82, 2.24) is 0 Å². The van der Waals surface area contributed by atoms with Crippen LogP contribution in [0.25, 0.3) is 0 Å². The van der Waals surface area contributed by atoms with Gasteiger partial charge in [-0.05, 0) is 11.6 Å². The summed E-state index contributed by atoms with van der Waals surface area (Å²) in [6, 6.07) is 0. The number of hydrogen-bond acceptors (Lipinski definition) is 3. The molecule has 0 unspecified atom stereocenters. The number of allylic oxidation sites excluding steroid dienone is 1. The quantitative estimate of drug-likeness (QED) is 0.550. The van der Waals surface area contributed by atoms with E-state index in [1.165, 1.54) is 0 Å². The lowest BCUT2D eigenvalue weighted by atomic mass is 10.3. The van der Waals surface area contributed by atoms with Gasteiger partial charge in [-0.3, -0.25) is 9.98 Å².